The van der Waals surface area contributed by atoms with Gasteiger partial charge in [0, 0.05) is 25.6 Å². The molecule has 27 heavy (non-hydrogen) atoms. The van der Waals surface area contributed by atoms with E-state index in [9.17, 15) is 4.79 Å². The minimum atomic E-state index is -0.273. The van der Waals surface area contributed by atoms with Gasteiger partial charge in [0.15, 0.2) is 0 Å². The molecule has 1 aliphatic rings. The number of ether oxygens (including phenoxy) is 1. The van der Waals surface area contributed by atoms with Crippen LogP contribution in [0.25, 0.3) is 11.3 Å². The molecule has 1 N–H and O–H groups in total. The second-order valence-electron chi connectivity index (χ2n) is 6.43. The maximum absolute atomic E-state index is 12.7. The fourth-order valence-corrected chi connectivity index (χ4v) is 2.77. The molecular weight excluding hydrogens is 344 g/mol. The number of rotatable bonds is 6. The summed E-state index contributed by atoms with van der Waals surface area (Å²) in [7, 11) is 1.77. The quantitative estimate of drug-likeness (QED) is 0.675. The number of nitrogens with one attached hydrogen (secondary N) is 1. The Labute approximate surface area is 157 Å². The summed E-state index contributed by atoms with van der Waals surface area (Å²) in [5.74, 6) is 0.840. The SMILES string of the molecule is CN(NC(=O)c1cnc(OC2CCC2)c(-c2ccco2)c1)c1ccncc1. The summed E-state index contributed by atoms with van der Waals surface area (Å²) in [6.45, 7) is 0. The van der Waals surface area contributed by atoms with Crippen LogP contribution in [0.1, 0.15) is 29.6 Å². The second kappa shape index (κ2) is 7.49. The summed E-state index contributed by atoms with van der Waals surface area (Å²) in [6.07, 6.45) is 9.85. The van der Waals surface area contributed by atoms with Crippen molar-refractivity contribution in [2.24, 2.45) is 0 Å². The van der Waals surface area contributed by atoms with Gasteiger partial charge in [0.1, 0.15) is 11.9 Å². The number of hydrogen-bond donors (Lipinski definition) is 1. The van der Waals surface area contributed by atoms with Gasteiger partial charge in [0.25, 0.3) is 5.91 Å². The summed E-state index contributed by atoms with van der Waals surface area (Å²) >= 11 is 0. The van der Waals surface area contributed by atoms with E-state index in [0.717, 1.165) is 18.5 Å². The van der Waals surface area contributed by atoms with Gasteiger partial charge in [-0.15, -0.1) is 0 Å². The number of anilines is 1. The van der Waals surface area contributed by atoms with Crippen molar-refractivity contribution in [3.63, 3.8) is 0 Å². The maximum atomic E-state index is 12.7. The highest BCUT2D eigenvalue weighted by atomic mass is 16.5. The van der Waals surface area contributed by atoms with Crippen molar-refractivity contribution in [1.82, 2.24) is 15.4 Å². The fraction of sp³-hybridized carbons (Fsp3) is 0.250. The number of furan rings is 1. The zero-order chi connectivity index (χ0) is 18.6. The van der Waals surface area contributed by atoms with Gasteiger partial charge < -0.3 is 9.15 Å². The van der Waals surface area contributed by atoms with Crippen LogP contribution in [0.15, 0.2) is 59.6 Å². The lowest BCUT2D eigenvalue weighted by atomic mass is 9.96. The second-order valence-corrected chi connectivity index (χ2v) is 6.43. The van der Waals surface area contributed by atoms with E-state index in [-0.39, 0.29) is 12.0 Å². The molecule has 0 saturated heterocycles. The average Bonchev–Trinajstić information content (AvgIpc) is 3.20. The summed E-state index contributed by atoms with van der Waals surface area (Å²) in [5.41, 5.74) is 4.74. The Kier molecular flexibility index (Phi) is 4.74. The first-order valence-corrected chi connectivity index (χ1v) is 8.86. The molecule has 138 valence electrons. The number of hydrazine groups is 1. The molecule has 1 saturated carbocycles. The average molecular weight is 364 g/mol. The third kappa shape index (κ3) is 3.76. The predicted molar refractivity (Wildman–Crippen MR) is 100 cm³/mol. The molecule has 0 radical (unpaired) electrons. The Morgan fingerprint density at radius 3 is 2.78 bits per heavy atom. The highest BCUT2D eigenvalue weighted by molar-refractivity contribution is 5.96. The van der Waals surface area contributed by atoms with E-state index in [1.165, 1.54) is 12.6 Å². The monoisotopic (exact) mass is 364 g/mol. The van der Waals surface area contributed by atoms with E-state index < -0.39 is 0 Å². The molecule has 0 spiro atoms. The van der Waals surface area contributed by atoms with Crippen LogP contribution < -0.4 is 15.2 Å². The molecule has 0 unspecified atom stereocenters. The summed E-state index contributed by atoms with van der Waals surface area (Å²) in [5, 5.41) is 1.63. The fourth-order valence-electron chi connectivity index (χ4n) is 2.77. The number of aromatic nitrogens is 2. The minimum Gasteiger partial charge on any atom is -0.474 e. The van der Waals surface area contributed by atoms with Gasteiger partial charge in [-0.1, -0.05) is 0 Å². The van der Waals surface area contributed by atoms with Crippen LogP contribution in [0.2, 0.25) is 0 Å². The van der Waals surface area contributed by atoms with Crippen molar-refractivity contribution in [2.45, 2.75) is 25.4 Å². The van der Waals surface area contributed by atoms with Crippen molar-refractivity contribution < 1.29 is 13.9 Å². The minimum absolute atomic E-state index is 0.184. The van der Waals surface area contributed by atoms with E-state index >= 15 is 0 Å². The summed E-state index contributed by atoms with van der Waals surface area (Å²) in [4.78, 5) is 21.0. The largest absolute Gasteiger partial charge is 0.474 e. The zero-order valence-electron chi connectivity index (χ0n) is 15.0. The number of pyridine rings is 2. The van der Waals surface area contributed by atoms with Crippen LogP contribution in [0.5, 0.6) is 5.88 Å². The number of nitrogens with zero attached hydrogens (tertiary/aromatic N) is 3. The third-order valence-electron chi connectivity index (χ3n) is 4.55. The van der Waals surface area contributed by atoms with Crippen molar-refractivity contribution in [2.75, 3.05) is 12.1 Å². The van der Waals surface area contributed by atoms with Gasteiger partial charge in [-0.25, -0.2) is 4.98 Å². The molecule has 0 atom stereocenters. The third-order valence-corrected chi connectivity index (χ3v) is 4.55. The maximum Gasteiger partial charge on any atom is 0.271 e. The van der Waals surface area contributed by atoms with Crippen LogP contribution in [0, 0.1) is 0 Å². The molecule has 0 bridgehead atoms. The molecule has 3 heterocycles. The number of carbonyl (C=O) groups excluding carboxylic acids is 1. The van der Waals surface area contributed by atoms with Gasteiger partial charge in [0.2, 0.25) is 5.88 Å². The number of hydrogen-bond acceptors (Lipinski definition) is 6. The van der Waals surface area contributed by atoms with Crippen LogP contribution >= 0.6 is 0 Å². The topological polar surface area (TPSA) is 80.5 Å². The molecule has 1 fully saturated rings. The molecule has 7 heteroatoms. The van der Waals surface area contributed by atoms with Gasteiger partial charge in [0.05, 0.1) is 23.1 Å². The molecule has 3 aromatic rings. The molecule has 1 amide bonds. The van der Waals surface area contributed by atoms with Gasteiger partial charge in [-0.3, -0.25) is 20.2 Å². The van der Waals surface area contributed by atoms with Crippen LogP contribution in [-0.2, 0) is 0 Å². The normalized spacial score (nSPS) is 13.7. The van der Waals surface area contributed by atoms with E-state index in [1.807, 2.05) is 18.2 Å². The van der Waals surface area contributed by atoms with Crippen molar-refractivity contribution >= 4 is 11.6 Å². The van der Waals surface area contributed by atoms with Gasteiger partial charge >= 0.3 is 0 Å². The van der Waals surface area contributed by atoms with E-state index in [1.54, 1.807) is 42.8 Å². The first-order chi connectivity index (χ1) is 13.2. The van der Waals surface area contributed by atoms with Crippen LogP contribution in [-0.4, -0.2) is 29.0 Å². The van der Waals surface area contributed by atoms with Gasteiger partial charge in [-0.05, 0) is 49.6 Å². The molecule has 7 nitrogen and oxygen atoms in total. The van der Waals surface area contributed by atoms with E-state index in [4.69, 9.17) is 9.15 Å². The Hall–Kier alpha value is -3.35. The van der Waals surface area contributed by atoms with Crippen molar-refractivity contribution in [1.29, 1.82) is 0 Å². The predicted octanol–water partition coefficient (Wildman–Crippen LogP) is 3.45. The Bertz CT molecular complexity index is 908. The first kappa shape index (κ1) is 17.1. The first-order valence-electron chi connectivity index (χ1n) is 8.86. The van der Waals surface area contributed by atoms with Crippen molar-refractivity contribution in [3.8, 4) is 17.2 Å². The lowest BCUT2D eigenvalue weighted by molar-refractivity contribution is 0.0950. The van der Waals surface area contributed by atoms with E-state index in [0.29, 0.717) is 22.8 Å². The lowest BCUT2D eigenvalue weighted by Crippen LogP contribution is -2.39. The Morgan fingerprint density at radius 2 is 2.11 bits per heavy atom. The van der Waals surface area contributed by atoms with Crippen LogP contribution in [0.3, 0.4) is 0 Å². The molecule has 4 rings (SSSR count). The number of carbonyl (C=O) groups is 1. The summed E-state index contributed by atoms with van der Waals surface area (Å²) < 4.78 is 11.5. The van der Waals surface area contributed by atoms with E-state index in [2.05, 4.69) is 15.4 Å². The highest BCUT2D eigenvalue weighted by Gasteiger charge is 2.23. The standard InChI is InChI=1S/C20H20N4O3/c1-24(15-7-9-21-10-8-15)23-19(25)14-12-17(18-6-3-11-26-18)20(22-13-14)27-16-4-2-5-16/h3,6-13,16H,2,4-5H2,1H3,(H,23,25). The van der Waals surface area contributed by atoms with Crippen LogP contribution in [0.4, 0.5) is 5.69 Å². The highest BCUT2D eigenvalue weighted by Crippen LogP contribution is 2.33. The smallest absolute Gasteiger partial charge is 0.271 e. The zero-order valence-corrected chi connectivity index (χ0v) is 15.0. The molecule has 0 aliphatic heterocycles. The molecule has 3 aromatic heterocycles. The molecular formula is C20H20N4O3. The van der Waals surface area contributed by atoms with Gasteiger partial charge in [-0.2, -0.15) is 0 Å². The van der Waals surface area contributed by atoms with Crippen molar-refractivity contribution in [3.05, 3.63) is 60.7 Å². The summed E-state index contributed by atoms with van der Waals surface area (Å²) in [6, 6.07) is 8.99. The molecule has 0 aromatic carbocycles. The molecule has 1 aliphatic carbocycles. The lowest BCUT2D eigenvalue weighted by Gasteiger charge is -2.26. The Balaban J connectivity index is 1.57. The Morgan fingerprint density at radius 1 is 1.30 bits per heavy atom. The number of amides is 1.